The lowest BCUT2D eigenvalue weighted by Crippen LogP contribution is -2.37. The van der Waals surface area contributed by atoms with Crippen LogP contribution in [0.4, 0.5) is 4.79 Å². The monoisotopic (exact) mass is 293 g/mol. The van der Waals surface area contributed by atoms with E-state index in [0.717, 1.165) is 12.0 Å². The Morgan fingerprint density at radius 2 is 1.90 bits per heavy atom. The number of benzene rings is 1. The molecule has 1 amide bonds. The van der Waals surface area contributed by atoms with Crippen molar-refractivity contribution in [3.8, 4) is 0 Å². The van der Waals surface area contributed by atoms with E-state index < -0.39 is 5.60 Å². The predicted molar refractivity (Wildman–Crippen MR) is 84.0 cm³/mol. The number of carbonyl (C=O) groups excluding carboxylic acids is 1. The Balaban J connectivity index is 2.67. The average molecular weight is 293 g/mol. The molecule has 0 aliphatic heterocycles. The normalized spacial score (nSPS) is 12.8. The molecule has 1 unspecified atom stereocenters. The van der Waals surface area contributed by atoms with Crippen molar-refractivity contribution in [2.75, 3.05) is 6.54 Å². The molecular weight excluding hydrogens is 266 g/mol. The summed E-state index contributed by atoms with van der Waals surface area (Å²) in [6.45, 7) is 8.45. The smallest absolute Gasteiger partial charge is 0.410 e. The second-order valence-corrected chi connectivity index (χ2v) is 6.38. The molecule has 1 rings (SSSR count). The van der Waals surface area contributed by atoms with Crippen LogP contribution in [-0.4, -0.2) is 34.3 Å². The average Bonchev–Trinajstić information content (AvgIpc) is 2.36. The Bertz CT molecular complexity index is 423. The molecule has 0 spiro atoms. The molecule has 0 aliphatic carbocycles. The van der Waals surface area contributed by atoms with Crippen molar-refractivity contribution in [3.05, 3.63) is 35.9 Å². The lowest BCUT2D eigenvalue weighted by molar-refractivity contribution is 0.0223. The molecule has 0 aliphatic rings. The molecule has 0 radical (unpaired) electrons. The highest BCUT2D eigenvalue weighted by atomic mass is 16.6. The van der Waals surface area contributed by atoms with Gasteiger partial charge in [-0.3, -0.25) is 0 Å². The summed E-state index contributed by atoms with van der Waals surface area (Å²) in [5.41, 5.74) is 0.566. The van der Waals surface area contributed by atoms with Gasteiger partial charge in [-0.2, -0.15) is 0 Å². The number of carbonyl (C=O) groups is 1. The minimum Gasteiger partial charge on any atom is -0.444 e. The van der Waals surface area contributed by atoms with Crippen molar-refractivity contribution in [1.29, 1.82) is 0 Å². The molecule has 4 heteroatoms. The van der Waals surface area contributed by atoms with Crippen LogP contribution in [0.1, 0.15) is 46.1 Å². The zero-order valence-corrected chi connectivity index (χ0v) is 13.5. The van der Waals surface area contributed by atoms with Gasteiger partial charge in [-0.1, -0.05) is 30.3 Å². The van der Waals surface area contributed by atoms with Crippen LogP contribution < -0.4 is 0 Å². The summed E-state index contributed by atoms with van der Waals surface area (Å²) in [5.74, 6) is 0. The number of rotatable bonds is 6. The zero-order valence-electron chi connectivity index (χ0n) is 13.5. The number of aliphatic hydroxyl groups excluding tert-OH is 1. The summed E-state index contributed by atoms with van der Waals surface area (Å²) >= 11 is 0. The fraction of sp³-hybridized carbons (Fsp3) is 0.588. The Hall–Kier alpha value is -1.55. The van der Waals surface area contributed by atoms with E-state index in [4.69, 9.17) is 4.74 Å². The molecule has 0 saturated carbocycles. The number of hydrogen-bond acceptors (Lipinski definition) is 3. The van der Waals surface area contributed by atoms with Crippen molar-refractivity contribution in [2.24, 2.45) is 0 Å². The van der Waals surface area contributed by atoms with Gasteiger partial charge in [0.25, 0.3) is 0 Å². The van der Waals surface area contributed by atoms with Gasteiger partial charge in [-0.15, -0.1) is 0 Å². The third-order valence-electron chi connectivity index (χ3n) is 2.92. The Morgan fingerprint density at radius 1 is 1.29 bits per heavy atom. The highest BCUT2D eigenvalue weighted by molar-refractivity contribution is 5.68. The number of aliphatic hydroxyl groups is 1. The molecule has 0 heterocycles. The molecule has 0 fully saturated rings. The van der Waals surface area contributed by atoms with Gasteiger partial charge in [0, 0.05) is 13.1 Å². The van der Waals surface area contributed by atoms with E-state index in [-0.39, 0.29) is 12.2 Å². The highest BCUT2D eigenvalue weighted by Gasteiger charge is 2.22. The number of nitrogens with zero attached hydrogens (tertiary/aromatic N) is 1. The van der Waals surface area contributed by atoms with Crippen LogP contribution in [-0.2, 0) is 11.3 Å². The van der Waals surface area contributed by atoms with Crippen molar-refractivity contribution in [3.63, 3.8) is 0 Å². The van der Waals surface area contributed by atoms with E-state index in [0.29, 0.717) is 19.5 Å². The largest absolute Gasteiger partial charge is 0.444 e. The van der Waals surface area contributed by atoms with Crippen LogP contribution in [0.2, 0.25) is 0 Å². The van der Waals surface area contributed by atoms with Gasteiger partial charge in [0.05, 0.1) is 6.10 Å². The summed E-state index contributed by atoms with van der Waals surface area (Å²) in [7, 11) is 0. The fourth-order valence-electron chi connectivity index (χ4n) is 1.94. The third kappa shape index (κ3) is 7.71. The van der Waals surface area contributed by atoms with E-state index in [1.165, 1.54) is 0 Å². The van der Waals surface area contributed by atoms with Gasteiger partial charge >= 0.3 is 6.09 Å². The second-order valence-electron chi connectivity index (χ2n) is 6.38. The molecule has 0 bridgehead atoms. The van der Waals surface area contributed by atoms with E-state index in [1.807, 2.05) is 51.1 Å². The summed E-state index contributed by atoms with van der Waals surface area (Å²) in [6, 6.07) is 9.85. The van der Waals surface area contributed by atoms with E-state index in [2.05, 4.69) is 0 Å². The van der Waals surface area contributed by atoms with E-state index in [1.54, 1.807) is 11.8 Å². The minimum absolute atomic E-state index is 0.308. The summed E-state index contributed by atoms with van der Waals surface area (Å²) in [4.78, 5) is 14.0. The lowest BCUT2D eigenvalue weighted by atomic mass is 10.2. The van der Waals surface area contributed by atoms with Crippen LogP contribution in [0.25, 0.3) is 0 Å². The van der Waals surface area contributed by atoms with Gasteiger partial charge in [-0.25, -0.2) is 4.79 Å². The third-order valence-corrected chi connectivity index (χ3v) is 2.92. The van der Waals surface area contributed by atoms with Crippen LogP contribution in [0.5, 0.6) is 0 Å². The van der Waals surface area contributed by atoms with Gasteiger partial charge in [0.1, 0.15) is 5.60 Å². The van der Waals surface area contributed by atoms with Crippen molar-refractivity contribution < 1.29 is 14.6 Å². The molecule has 21 heavy (non-hydrogen) atoms. The Kier molecular flexibility index (Phi) is 6.69. The first-order valence-corrected chi connectivity index (χ1v) is 7.48. The fourth-order valence-corrected chi connectivity index (χ4v) is 1.94. The van der Waals surface area contributed by atoms with Crippen LogP contribution in [0.15, 0.2) is 30.3 Å². The highest BCUT2D eigenvalue weighted by Crippen LogP contribution is 2.14. The summed E-state index contributed by atoms with van der Waals surface area (Å²) < 4.78 is 5.45. The standard InChI is InChI=1S/C17H27NO3/c1-14(19)9-8-12-18(16(20)21-17(2,3)4)13-15-10-6-5-7-11-15/h5-7,10-11,14,19H,8-9,12-13H2,1-4H3. The molecule has 1 atom stereocenters. The summed E-state index contributed by atoms with van der Waals surface area (Å²) in [6.07, 6.45) is 0.775. The molecule has 1 aromatic carbocycles. The van der Waals surface area contributed by atoms with Crippen molar-refractivity contribution in [2.45, 2.75) is 58.8 Å². The van der Waals surface area contributed by atoms with Crippen LogP contribution in [0, 0.1) is 0 Å². The van der Waals surface area contributed by atoms with Gasteiger partial charge in [0.2, 0.25) is 0 Å². The SMILES string of the molecule is CC(O)CCCN(Cc1ccccc1)C(=O)OC(C)(C)C. The van der Waals surface area contributed by atoms with E-state index >= 15 is 0 Å². The zero-order chi connectivity index (χ0) is 15.9. The van der Waals surface area contributed by atoms with Gasteiger partial charge in [-0.05, 0) is 46.1 Å². The predicted octanol–water partition coefficient (Wildman–Crippen LogP) is 3.58. The second kappa shape index (κ2) is 8.03. The van der Waals surface area contributed by atoms with Gasteiger partial charge in [0.15, 0.2) is 0 Å². The minimum atomic E-state index is -0.504. The number of ether oxygens (including phenoxy) is 1. The van der Waals surface area contributed by atoms with Crippen LogP contribution >= 0.6 is 0 Å². The summed E-state index contributed by atoms with van der Waals surface area (Å²) in [5, 5.41) is 9.35. The quantitative estimate of drug-likeness (QED) is 0.872. The molecule has 118 valence electrons. The topological polar surface area (TPSA) is 49.8 Å². The van der Waals surface area contributed by atoms with Gasteiger partial charge < -0.3 is 14.7 Å². The molecular formula is C17H27NO3. The molecule has 1 aromatic rings. The molecule has 0 saturated heterocycles. The molecule has 4 nitrogen and oxygen atoms in total. The maximum Gasteiger partial charge on any atom is 0.410 e. The van der Waals surface area contributed by atoms with Crippen molar-refractivity contribution >= 4 is 6.09 Å². The first kappa shape index (κ1) is 17.5. The molecule has 1 N–H and O–H groups in total. The van der Waals surface area contributed by atoms with Crippen LogP contribution in [0.3, 0.4) is 0 Å². The lowest BCUT2D eigenvalue weighted by Gasteiger charge is -2.27. The van der Waals surface area contributed by atoms with E-state index in [9.17, 15) is 9.90 Å². The first-order valence-electron chi connectivity index (χ1n) is 7.48. The maximum absolute atomic E-state index is 12.3. The number of hydrogen-bond donors (Lipinski definition) is 1. The Morgan fingerprint density at radius 3 is 2.43 bits per heavy atom. The number of amides is 1. The Labute approximate surface area is 127 Å². The first-order chi connectivity index (χ1) is 9.78. The van der Waals surface area contributed by atoms with Crippen molar-refractivity contribution in [1.82, 2.24) is 4.90 Å². The molecule has 0 aromatic heterocycles. The maximum atomic E-state index is 12.3.